The molecule has 27 heavy (non-hydrogen) atoms. The first-order valence-corrected chi connectivity index (χ1v) is 9.30. The number of benzene rings is 2. The molecule has 0 saturated carbocycles. The van der Waals surface area contributed by atoms with Crippen LogP contribution < -0.4 is 14.8 Å². The lowest BCUT2D eigenvalue weighted by Gasteiger charge is -2.07. The molecule has 3 aromatic rings. The van der Waals surface area contributed by atoms with E-state index in [1.807, 2.05) is 0 Å². The van der Waals surface area contributed by atoms with Crippen molar-refractivity contribution in [2.24, 2.45) is 0 Å². The Morgan fingerprint density at radius 3 is 2.78 bits per heavy atom. The van der Waals surface area contributed by atoms with E-state index in [1.54, 1.807) is 29.6 Å². The van der Waals surface area contributed by atoms with Gasteiger partial charge in [0.25, 0.3) is 5.91 Å². The molecule has 9 heteroatoms. The largest absolute Gasteiger partial charge is 0.507 e. The Kier molecular flexibility index (Phi) is 6.05. The number of anilines is 1. The molecule has 1 aromatic heterocycles. The molecule has 0 fully saturated rings. The minimum Gasteiger partial charge on any atom is -0.507 e. The number of methoxy groups -OCH3 is 1. The Morgan fingerprint density at radius 2 is 2.07 bits per heavy atom. The van der Waals surface area contributed by atoms with Crippen LogP contribution in [0, 0.1) is 0 Å². The lowest BCUT2D eigenvalue weighted by molar-refractivity contribution is -0.118. The van der Waals surface area contributed by atoms with Crippen molar-refractivity contribution in [3.63, 3.8) is 0 Å². The number of aromatic hydroxyl groups is 1. The van der Waals surface area contributed by atoms with Crippen molar-refractivity contribution >= 4 is 45.6 Å². The van der Waals surface area contributed by atoms with Crippen LogP contribution in [0.25, 0.3) is 11.3 Å². The number of carbonyl (C=O) groups excluding carboxylic acids is 1. The summed E-state index contributed by atoms with van der Waals surface area (Å²) in [5.41, 5.74) is 1.08. The first-order valence-electron chi connectivity index (χ1n) is 7.67. The van der Waals surface area contributed by atoms with Crippen LogP contribution in [-0.2, 0) is 4.79 Å². The highest BCUT2D eigenvalue weighted by atomic mass is 35.5. The highest BCUT2D eigenvalue weighted by Crippen LogP contribution is 2.34. The van der Waals surface area contributed by atoms with Crippen LogP contribution in [0.1, 0.15) is 0 Å². The van der Waals surface area contributed by atoms with Gasteiger partial charge in [0.15, 0.2) is 11.7 Å². The second-order valence-corrected chi connectivity index (χ2v) is 7.03. The Hall–Kier alpha value is -2.48. The van der Waals surface area contributed by atoms with Gasteiger partial charge in [0.1, 0.15) is 17.2 Å². The number of ether oxygens (including phenoxy) is 2. The van der Waals surface area contributed by atoms with Crippen molar-refractivity contribution in [1.29, 1.82) is 0 Å². The number of thiazole rings is 1. The van der Waals surface area contributed by atoms with Gasteiger partial charge in [0.2, 0.25) is 0 Å². The molecule has 2 N–H and O–H groups in total. The molecule has 0 atom stereocenters. The van der Waals surface area contributed by atoms with E-state index < -0.39 is 0 Å². The Labute approximate surface area is 169 Å². The van der Waals surface area contributed by atoms with Gasteiger partial charge in [-0.05, 0) is 30.3 Å². The Morgan fingerprint density at radius 1 is 1.26 bits per heavy atom. The van der Waals surface area contributed by atoms with Gasteiger partial charge in [0, 0.05) is 22.0 Å². The van der Waals surface area contributed by atoms with Crippen LogP contribution in [0.3, 0.4) is 0 Å². The standard InChI is InChI=1S/C18H14Cl2N2O4S/c1-25-11-3-4-12(15(23)7-11)14-9-27-18(21-14)22-17(24)8-26-16-5-2-10(19)6-13(16)20/h2-7,9,23H,8H2,1H3,(H,21,22,24). The molecule has 1 heterocycles. The van der Waals surface area contributed by atoms with Crippen molar-refractivity contribution in [2.45, 2.75) is 0 Å². The molecule has 2 aromatic carbocycles. The number of carbonyl (C=O) groups is 1. The van der Waals surface area contributed by atoms with Crippen molar-refractivity contribution < 1.29 is 19.4 Å². The van der Waals surface area contributed by atoms with Gasteiger partial charge in [-0.1, -0.05) is 23.2 Å². The van der Waals surface area contributed by atoms with Gasteiger partial charge in [-0.3, -0.25) is 10.1 Å². The topological polar surface area (TPSA) is 80.7 Å². The average molecular weight is 425 g/mol. The molecular formula is C18H14Cl2N2O4S. The molecule has 0 aliphatic carbocycles. The summed E-state index contributed by atoms with van der Waals surface area (Å²) in [7, 11) is 1.52. The van der Waals surface area contributed by atoms with Crippen LogP contribution in [0.5, 0.6) is 17.2 Å². The maximum Gasteiger partial charge on any atom is 0.264 e. The van der Waals surface area contributed by atoms with Gasteiger partial charge in [-0.15, -0.1) is 11.3 Å². The summed E-state index contributed by atoms with van der Waals surface area (Å²) in [5.74, 6) is 0.552. The van der Waals surface area contributed by atoms with Crippen molar-refractivity contribution in [1.82, 2.24) is 4.98 Å². The van der Waals surface area contributed by atoms with Crippen LogP contribution >= 0.6 is 34.5 Å². The molecule has 0 unspecified atom stereocenters. The molecular weight excluding hydrogens is 411 g/mol. The molecule has 0 aliphatic heterocycles. The zero-order chi connectivity index (χ0) is 19.4. The fourth-order valence-corrected chi connectivity index (χ4v) is 3.39. The number of hydrogen-bond donors (Lipinski definition) is 2. The highest BCUT2D eigenvalue weighted by Gasteiger charge is 2.13. The SMILES string of the molecule is COc1ccc(-c2csc(NC(=O)COc3ccc(Cl)cc3Cl)n2)c(O)c1. The summed E-state index contributed by atoms with van der Waals surface area (Å²) in [4.78, 5) is 16.4. The number of nitrogens with one attached hydrogen (secondary N) is 1. The molecule has 0 bridgehead atoms. The second kappa shape index (κ2) is 8.47. The van der Waals surface area contributed by atoms with Crippen molar-refractivity contribution in [3.8, 4) is 28.5 Å². The van der Waals surface area contributed by atoms with Crippen LogP contribution in [0.4, 0.5) is 5.13 Å². The van der Waals surface area contributed by atoms with Gasteiger partial charge < -0.3 is 14.6 Å². The summed E-state index contributed by atoms with van der Waals surface area (Å²) >= 11 is 13.0. The first-order chi connectivity index (χ1) is 13.0. The summed E-state index contributed by atoms with van der Waals surface area (Å²) in [6, 6.07) is 9.65. The van der Waals surface area contributed by atoms with E-state index in [0.717, 1.165) is 0 Å². The second-order valence-electron chi connectivity index (χ2n) is 5.33. The van der Waals surface area contributed by atoms with Crippen molar-refractivity contribution in [3.05, 3.63) is 51.8 Å². The zero-order valence-corrected chi connectivity index (χ0v) is 16.4. The van der Waals surface area contributed by atoms with E-state index in [-0.39, 0.29) is 18.3 Å². The zero-order valence-electron chi connectivity index (χ0n) is 14.0. The van der Waals surface area contributed by atoms with E-state index in [9.17, 15) is 9.90 Å². The van der Waals surface area contributed by atoms with E-state index in [1.165, 1.54) is 30.6 Å². The summed E-state index contributed by atoms with van der Waals surface area (Å²) < 4.78 is 10.4. The predicted octanol–water partition coefficient (Wildman–Crippen LogP) is 4.85. The fourth-order valence-electron chi connectivity index (χ4n) is 2.20. The van der Waals surface area contributed by atoms with Crippen LogP contribution in [0.2, 0.25) is 10.0 Å². The third-order valence-corrected chi connectivity index (χ3v) is 4.77. The number of nitrogens with zero attached hydrogens (tertiary/aromatic N) is 1. The third kappa shape index (κ3) is 4.82. The minimum atomic E-state index is -0.388. The van der Waals surface area contributed by atoms with E-state index in [4.69, 9.17) is 32.7 Å². The molecule has 140 valence electrons. The smallest absolute Gasteiger partial charge is 0.264 e. The minimum absolute atomic E-state index is 0.0400. The molecule has 0 aliphatic rings. The fraction of sp³-hybridized carbons (Fsp3) is 0.111. The Balaban J connectivity index is 1.62. The van der Waals surface area contributed by atoms with E-state index in [0.29, 0.717) is 37.9 Å². The average Bonchev–Trinajstić information content (AvgIpc) is 3.08. The first kappa shape index (κ1) is 19.3. The predicted molar refractivity (Wildman–Crippen MR) is 106 cm³/mol. The third-order valence-electron chi connectivity index (χ3n) is 3.48. The van der Waals surface area contributed by atoms with Crippen LogP contribution in [-0.4, -0.2) is 29.7 Å². The van der Waals surface area contributed by atoms with Gasteiger partial charge in [-0.25, -0.2) is 4.98 Å². The lowest BCUT2D eigenvalue weighted by Crippen LogP contribution is -2.20. The molecule has 6 nitrogen and oxygen atoms in total. The summed E-state index contributed by atoms with van der Waals surface area (Å²) in [5, 5.41) is 15.6. The van der Waals surface area contributed by atoms with Gasteiger partial charge >= 0.3 is 0 Å². The summed E-state index contributed by atoms with van der Waals surface area (Å²) in [6.07, 6.45) is 0. The number of amides is 1. The maximum absolute atomic E-state index is 12.1. The molecule has 1 amide bonds. The van der Waals surface area contributed by atoms with Gasteiger partial charge in [0.05, 0.1) is 17.8 Å². The Bertz CT molecular complexity index is 978. The van der Waals surface area contributed by atoms with E-state index in [2.05, 4.69) is 10.3 Å². The van der Waals surface area contributed by atoms with E-state index >= 15 is 0 Å². The number of halogens is 2. The quantitative estimate of drug-likeness (QED) is 0.590. The van der Waals surface area contributed by atoms with Crippen LogP contribution in [0.15, 0.2) is 41.8 Å². The highest BCUT2D eigenvalue weighted by molar-refractivity contribution is 7.14. The van der Waals surface area contributed by atoms with Gasteiger partial charge in [-0.2, -0.15) is 0 Å². The molecule has 0 radical (unpaired) electrons. The number of phenols is 1. The monoisotopic (exact) mass is 424 g/mol. The number of hydrogen-bond acceptors (Lipinski definition) is 6. The molecule has 0 saturated heterocycles. The molecule has 0 spiro atoms. The molecule has 3 rings (SSSR count). The summed E-state index contributed by atoms with van der Waals surface area (Å²) in [6.45, 7) is -0.232. The number of aromatic nitrogens is 1. The maximum atomic E-state index is 12.1. The lowest BCUT2D eigenvalue weighted by atomic mass is 10.1. The number of rotatable bonds is 6. The normalized spacial score (nSPS) is 10.5. The van der Waals surface area contributed by atoms with Crippen molar-refractivity contribution in [2.75, 3.05) is 19.0 Å². The number of phenolic OH excluding ortho intramolecular Hbond substituents is 1.